The van der Waals surface area contributed by atoms with E-state index >= 15 is 0 Å². The average molecular weight is 345 g/mol. The van der Waals surface area contributed by atoms with Gasteiger partial charge in [0.15, 0.2) is 0 Å². The SMILES string of the molecule is CCNC(C)c1cccc(Oc2cc(Cl)c(Cl)cc2Cl)c1. The first-order chi connectivity index (χ1) is 10.0. The Hall–Kier alpha value is -0.930. The zero-order chi connectivity index (χ0) is 15.4. The van der Waals surface area contributed by atoms with E-state index in [1.807, 2.05) is 18.2 Å². The standard InChI is InChI=1S/C16H16Cl3NO/c1-3-20-10(2)11-5-4-6-12(7-11)21-16-9-14(18)13(17)8-15(16)19/h4-10,20H,3H2,1-2H3. The fourth-order valence-corrected chi connectivity index (χ4v) is 2.56. The summed E-state index contributed by atoms with van der Waals surface area (Å²) in [6.07, 6.45) is 0. The lowest BCUT2D eigenvalue weighted by Gasteiger charge is -2.15. The average Bonchev–Trinajstić information content (AvgIpc) is 2.45. The lowest BCUT2D eigenvalue weighted by Crippen LogP contribution is -2.17. The van der Waals surface area contributed by atoms with Crippen molar-refractivity contribution in [3.8, 4) is 11.5 Å². The molecule has 21 heavy (non-hydrogen) atoms. The second-order valence-electron chi connectivity index (χ2n) is 4.65. The zero-order valence-corrected chi connectivity index (χ0v) is 14.1. The largest absolute Gasteiger partial charge is 0.456 e. The minimum absolute atomic E-state index is 0.253. The van der Waals surface area contributed by atoms with Crippen molar-refractivity contribution in [2.75, 3.05) is 6.54 Å². The Kier molecular flexibility index (Phi) is 5.77. The number of nitrogens with one attached hydrogen (secondary N) is 1. The van der Waals surface area contributed by atoms with Gasteiger partial charge in [-0.2, -0.15) is 0 Å². The molecule has 1 N–H and O–H groups in total. The van der Waals surface area contributed by atoms with Crippen LogP contribution in [0.1, 0.15) is 25.5 Å². The van der Waals surface area contributed by atoms with E-state index in [2.05, 4.69) is 25.2 Å². The second-order valence-corrected chi connectivity index (χ2v) is 5.87. The molecule has 0 spiro atoms. The maximum Gasteiger partial charge on any atom is 0.147 e. The van der Waals surface area contributed by atoms with Crippen molar-refractivity contribution < 1.29 is 4.74 Å². The maximum absolute atomic E-state index is 6.12. The number of ether oxygens (including phenoxy) is 1. The third kappa shape index (κ3) is 4.27. The van der Waals surface area contributed by atoms with E-state index < -0.39 is 0 Å². The third-order valence-corrected chi connectivity index (χ3v) is 4.09. The van der Waals surface area contributed by atoms with Gasteiger partial charge in [0.05, 0.1) is 15.1 Å². The molecule has 2 aromatic rings. The number of hydrogen-bond donors (Lipinski definition) is 1. The first-order valence-corrected chi connectivity index (χ1v) is 7.80. The zero-order valence-electron chi connectivity index (χ0n) is 11.8. The molecule has 0 aliphatic rings. The Morgan fingerprint density at radius 2 is 1.76 bits per heavy atom. The molecule has 0 aliphatic heterocycles. The molecule has 2 aromatic carbocycles. The Morgan fingerprint density at radius 1 is 1.05 bits per heavy atom. The normalized spacial score (nSPS) is 12.2. The Bertz CT molecular complexity index is 631. The molecule has 5 heteroatoms. The van der Waals surface area contributed by atoms with Gasteiger partial charge in [0.2, 0.25) is 0 Å². The summed E-state index contributed by atoms with van der Waals surface area (Å²) in [5.74, 6) is 1.19. The molecule has 0 aromatic heterocycles. The molecule has 0 saturated heterocycles. The molecule has 0 amide bonds. The van der Waals surface area contributed by atoms with Crippen molar-refractivity contribution in [3.05, 3.63) is 57.0 Å². The smallest absolute Gasteiger partial charge is 0.147 e. The predicted molar refractivity (Wildman–Crippen MR) is 90.1 cm³/mol. The fourth-order valence-electron chi connectivity index (χ4n) is 1.98. The summed E-state index contributed by atoms with van der Waals surface area (Å²) < 4.78 is 5.81. The van der Waals surface area contributed by atoms with Gasteiger partial charge in [-0.1, -0.05) is 53.9 Å². The number of halogens is 3. The Balaban J connectivity index is 2.24. The van der Waals surface area contributed by atoms with Crippen LogP contribution in [0.2, 0.25) is 15.1 Å². The van der Waals surface area contributed by atoms with E-state index in [0.29, 0.717) is 26.6 Å². The monoisotopic (exact) mass is 343 g/mol. The van der Waals surface area contributed by atoms with Crippen LogP contribution in [0.4, 0.5) is 0 Å². The van der Waals surface area contributed by atoms with Crippen molar-refractivity contribution in [1.82, 2.24) is 5.32 Å². The van der Waals surface area contributed by atoms with Gasteiger partial charge >= 0.3 is 0 Å². The molecule has 0 fully saturated rings. The van der Waals surface area contributed by atoms with Crippen molar-refractivity contribution in [2.45, 2.75) is 19.9 Å². The van der Waals surface area contributed by atoms with E-state index in [0.717, 1.165) is 12.1 Å². The highest BCUT2D eigenvalue weighted by molar-refractivity contribution is 6.43. The first kappa shape index (κ1) is 16.4. The van der Waals surface area contributed by atoms with E-state index in [1.54, 1.807) is 12.1 Å². The molecule has 112 valence electrons. The molecule has 0 radical (unpaired) electrons. The molecular weight excluding hydrogens is 329 g/mol. The van der Waals surface area contributed by atoms with Crippen molar-refractivity contribution >= 4 is 34.8 Å². The van der Waals surface area contributed by atoms with E-state index in [9.17, 15) is 0 Å². The number of benzene rings is 2. The van der Waals surface area contributed by atoms with Gasteiger partial charge in [0.25, 0.3) is 0 Å². The summed E-state index contributed by atoms with van der Waals surface area (Å²) in [6, 6.07) is 11.3. The van der Waals surface area contributed by atoms with E-state index in [4.69, 9.17) is 39.5 Å². The van der Waals surface area contributed by atoms with Crippen LogP contribution in [0.5, 0.6) is 11.5 Å². The highest BCUT2D eigenvalue weighted by Gasteiger charge is 2.10. The van der Waals surface area contributed by atoms with Gasteiger partial charge in [-0.05, 0) is 37.2 Å². The Morgan fingerprint density at radius 3 is 2.48 bits per heavy atom. The van der Waals surface area contributed by atoms with Crippen LogP contribution in [-0.2, 0) is 0 Å². The lowest BCUT2D eigenvalue weighted by atomic mass is 10.1. The predicted octanol–water partition coefficient (Wildman–Crippen LogP) is 6.11. The maximum atomic E-state index is 6.12. The lowest BCUT2D eigenvalue weighted by molar-refractivity contribution is 0.480. The molecule has 1 atom stereocenters. The molecule has 2 rings (SSSR count). The summed E-state index contributed by atoms with van der Waals surface area (Å²) in [7, 11) is 0. The van der Waals surface area contributed by atoms with Crippen LogP contribution in [-0.4, -0.2) is 6.54 Å². The van der Waals surface area contributed by atoms with Crippen LogP contribution < -0.4 is 10.1 Å². The topological polar surface area (TPSA) is 21.3 Å². The van der Waals surface area contributed by atoms with Gasteiger partial charge < -0.3 is 10.1 Å². The summed E-state index contributed by atoms with van der Waals surface area (Å²) in [4.78, 5) is 0. The molecule has 0 saturated carbocycles. The third-order valence-electron chi connectivity index (χ3n) is 3.07. The summed E-state index contributed by atoms with van der Waals surface area (Å²) in [6.45, 7) is 5.09. The van der Waals surface area contributed by atoms with Crippen LogP contribution in [0.15, 0.2) is 36.4 Å². The molecule has 0 heterocycles. The van der Waals surface area contributed by atoms with Crippen LogP contribution in [0.25, 0.3) is 0 Å². The number of rotatable bonds is 5. The van der Waals surface area contributed by atoms with E-state index in [-0.39, 0.29) is 6.04 Å². The molecule has 1 unspecified atom stereocenters. The fraction of sp³-hybridized carbons (Fsp3) is 0.250. The van der Waals surface area contributed by atoms with Gasteiger partial charge in [0, 0.05) is 12.1 Å². The summed E-state index contributed by atoms with van der Waals surface area (Å²) in [5, 5.41) is 4.60. The first-order valence-electron chi connectivity index (χ1n) is 6.67. The van der Waals surface area contributed by atoms with Crippen LogP contribution in [0.3, 0.4) is 0 Å². The Labute approximate surface area is 140 Å². The minimum atomic E-state index is 0.253. The van der Waals surface area contributed by atoms with Gasteiger partial charge in [-0.3, -0.25) is 0 Å². The van der Waals surface area contributed by atoms with Crippen molar-refractivity contribution in [1.29, 1.82) is 0 Å². The molecule has 0 aliphatic carbocycles. The molecule has 2 nitrogen and oxygen atoms in total. The molecule has 0 bridgehead atoms. The van der Waals surface area contributed by atoms with Crippen LogP contribution in [0, 0.1) is 0 Å². The van der Waals surface area contributed by atoms with Crippen molar-refractivity contribution in [2.24, 2.45) is 0 Å². The van der Waals surface area contributed by atoms with Gasteiger partial charge in [0.1, 0.15) is 11.5 Å². The van der Waals surface area contributed by atoms with Gasteiger partial charge in [-0.25, -0.2) is 0 Å². The summed E-state index contributed by atoms with van der Waals surface area (Å²) >= 11 is 18.0. The number of hydrogen-bond acceptors (Lipinski definition) is 2. The van der Waals surface area contributed by atoms with Gasteiger partial charge in [-0.15, -0.1) is 0 Å². The van der Waals surface area contributed by atoms with Crippen LogP contribution >= 0.6 is 34.8 Å². The minimum Gasteiger partial charge on any atom is -0.456 e. The van der Waals surface area contributed by atoms with E-state index in [1.165, 1.54) is 0 Å². The summed E-state index contributed by atoms with van der Waals surface area (Å²) in [5.41, 5.74) is 1.14. The van der Waals surface area contributed by atoms with Crippen molar-refractivity contribution in [3.63, 3.8) is 0 Å². The highest BCUT2D eigenvalue weighted by atomic mass is 35.5. The highest BCUT2D eigenvalue weighted by Crippen LogP contribution is 2.36. The molecular formula is C16H16Cl3NO. The quantitative estimate of drug-likeness (QED) is 0.661. The second kappa shape index (κ2) is 7.37.